The quantitative estimate of drug-likeness (QED) is 0.0935. The van der Waals surface area contributed by atoms with Crippen molar-refractivity contribution >= 4 is 33.1 Å². The maximum absolute atomic E-state index is 15.3. The number of aromatic nitrogens is 1. The van der Waals surface area contributed by atoms with Gasteiger partial charge in [-0.25, -0.2) is 4.39 Å². The van der Waals surface area contributed by atoms with Gasteiger partial charge in [0, 0.05) is 43.7 Å². The Bertz CT molecular complexity index is 1780. The zero-order chi connectivity index (χ0) is 30.5. The number of Topliss-reactive ketones (excluding diaryl/α,β-unsaturated/α-hetero) is 2. The summed E-state index contributed by atoms with van der Waals surface area (Å²) < 4.78 is 27.3. The van der Waals surface area contributed by atoms with Gasteiger partial charge in [-0.2, -0.15) is 0 Å². The summed E-state index contributed by atoms with van der Waals surface area (Å²) in [5.74, 6) is -0.166. The van der Waals surface area contributed by atoms with E-state index in [1.807, 2.05) is 36.4 Å². The summed E-state index contributed by atoms with van der Waals surface area (Å²) in [6.07, 6.45) is 6.16. The number of aryl methyl sites for hydroxylation is 1. The summed E-state index contributed by atoms with van der Waals surface area (Å²) >= 11 is 1.55. The van der Waals surface area contributed by atoms with Crippen LogP contribution >= 0.6 is 11.3 Å². The van der Waals surface area contributed by atoms with Crippen molar-refractivity contribution < 1.29 is 23.5 Å². The summed E-state index contributed by atoms with van der Waals surface area (Å²) in [5, 5.41) is 0. The summed E-state index contributed by atoms with van der Waals surface area (Å²) in [6.45, 7) is 0.781. The molecule has 1 saturated carbocycles. The van der Waals surface area contributed by atoms with Gasteiger partial charge < -0.3 is 9.47 Å². The second-order valence-corrected chi connectivity index (χ2v) is 12.5. The molecule has 0 unspecified atom stereocenters. The molecule has 0 atom stereocenters. The van der Waals surface area contributed by atoms with Crippen LogP contribution < -0.4 is 4.74 Å². The van der Waals surface area contributed by atoms with Crippen molar-refractivity contribution in [2.75, 3.05) is 13.7 Å². The summed E-state index contributed by atoms with van der Waals surface area (Å²) in [5.41, 5.74) is 3.65. The number of carbonyl (C=O) groups is 2. The normalized spacial score (nSPS) is 13.6. The fourth-order valence-electron chi connectivity index (χ4n) is 5.55. The number of pyridine rings is 1. The average molecular weight is 608 g/mol. The van der Waals surface area contributed by atoms with E-state index >= 15 is 4.39 Å². The highest BCUT2D eigenvalue weighted by Gasteiger charge is 2.54. The maximum atomic E-state index is 15.3. The Morgan fingerprint density at radius 2 is 1.57 bits per heavy atom. The number of nitrogens with zero attached hydrogens (tertiary/aromatic N) is 1. The second kappa shape index (κ2) is 13.2. The SMILES string of the molecule is COCCCCc1ccc(-c2cc3nccc(Oc4ccc(CC(=O)C5(C(=O)Cc6ccccc6)CC5)cc4F)c3s2)cc1. The van der Waals surface area contributed by atoms with Crippen LogP contribution in [-0.2, 0) is 33.6 Å². The largest absolute Gasteiger partial charge is 0.453 e. The Kier molecular flexibility index (Phi) is 8.96. The molecule has 0 radical (unpaired) electrons. The van der Waals surface area contributed by atoms with Gasteiger partial charge in [-0.15, -0.1) is 11.3 Å². The first-order chi connectivity index (χ1) is 21.4. The Balaban J connectivity index is 1.12. The van der Waals surface area contributed by atoms with Gasteiger partial charge in [0.05, 0.1) is 15.6 Å². The predicted molar refractivity (Wildman–Crippen MR) is 172 cm³/mol. The number of unbranched alkanes of at least 4 members (excludes halogenated alkanes) is 1. The molecule has 6 rings (SSSR count). The number of halogens is 1. The molecular formula is C37H34FNO4S. The number of carbonyl (C=O) groups excluding carboxylic acids is 2. The molecule has 0 spiro atoms. The molecule has 7 heteroatoms. The van der Waals surface area contributed by atoms with Crippen LogP contribution in [0.3, 0.4) is 0 Å². The third-order valence-corrected chi connectivity index (χ3v) is 9.47. The van der Waals surface area contributed by atoms with Crippen LogP contribution in [0.25, 0.3) is 20.7 Å². The van der Waals surface area contributed by atoms with Crippen LogP contribution in [0.4, 0.5) is 4.39 Å². The minimum Gasteiger partial charge on any atom is -0.453 e. The fourth-order valence-corrected chi connectivity index (χ4v) is 6.62. The Morgan fingerprint density at radius 1 is 0.841 bits per heavy atom. The van der Waals surface area contributed by atoms with Crippen LogP contribution in [0.1, 0.15) is 42.4 Å². The van der Waals surface area contributed by atoms with Gasteiger partial charge in [-0.05, 0) is 72.6 Å². The molecule has 1 fully saturated rings. The standard InChI is InChI=1S/C37H34FNO4S/c1-42-20-6-5-7-25-10-13-28(14-11-25)33-24-30-36(44-33)32(16-19-39-30)43-31-15-12-27(21-29(31)38)23-35(41)37(17-18-37)34(40)22-26-8-3-2-4-9-26/h2-4,8-16,19,21,24H,5-7,17-18,20,22-23H2,1H3. The zero-order valence-electron chi connectivity index (χ0n) is 24.7. The first kappa shape index (κ1) is 29.9. The van der Waals surface area contributed by atoms with E-state index in [2.05, 4.69) is 29.2 Å². The van der Waals surface area contributed by atoms with Crippen LogP contribution in [0, 0.1) is 11.2 Å². The molecule has 0 amide bonds. The fraction of sp³-hybridized carbons (Fsp3) is 0.270. The van der Waals surface area contributed by atoms with Crippen molar-refractivity contribution in [3.63, 3.8) is 0 Å². The summed E-state index contributed by atoms with van der Waals surface area (Å²) in [6, 6.07) is 26.4. The lowest BCUT2D eigenvalue weighted by atomic mass is 9.88. The lowest BCUT2D eigenvalue weighted by molar-refractivity contribution is -0.133. The molecule has 2 aromatic heterocycles. The topological polar surface area (TPSA) is 65.5 Å². The number of hydrogen-bond donors (Lipinski definition) is 0. The number of benzene rings is 3. The number of rotatable bonds is 14. The first-order valence-corrected chi connectivity index (χ1v) is 15.8. The van der Waals surface area contributed by atoms with Gasteiger partial charge >= 0.3 is 0 Å². The molecule has 0 saturated heterocycles. The Morgan fingerprint density at radius 3 is 2.27 bits per heavy atom. The van der Waals surface area contributed by atoms with E-state index in [1.165, 1.54) is 11.6 Å². The van der Waals surface area contributed by atoms with Crippen molar-refractivity contribution in [2.24, 2.45) is 5.41 Å². The lowest BCUT2D eigenvalue weighted by Gasteiger charge is -2.14. The number of ether oxygens (including phenoxy) is 2. The molecule has 0 bridgehead atoms. The van der Waals surface area contributed by atoms with Crippen molar-refractivity contribution in [3.8, 4) is 21.9 Å². The minimum absolute atomic E-state index is 0.0114. The molecule has 2 heterocycles. The number of thiophene rings is 1. The van der Waals surface area contributed by atoms with Crippen molar-refractivity contribution in [2.45, 2.75) is 44.9 Å². The van der Waals surface area contributed by atoms with E-state index in [4.69, 9.17) is 9.47 Å². The van der Waals surface area contributed by atoms with Crippen LogP contribution in [0.15, 0.2) is 91.1 Å². The van der Waals surface area contributed by atoms with Crippen LogP contribution in [0.5, 0.6) is 11.5 Å². The summed E-state index contributed by atoms with van der Waals surface area (Å²) in [7, 11) is 1.73. The van der Waals surface area contributed by atoms with E-state index in [9.17, 15) is 9.59 Å². The molecule has 224 valence electrons. The molecule has 0 aliphatic heterocycles. The third-order valence-electron chi connectivity index (χ3n) is 8.28. The lowest BCUT2D eigenvalue weighted by Crippen LogP contribution is -2.28. The average Bonchev–Trinajstić information content (AvgIpc) is 3.74. The molecule has 3 aromatic carbocycles. The van der Waals surface area contributed by atoms with E-state index in [0.29, 0.717) is 24.2 Å². The minimum atomic E-state index is -0.939. The highest BCUT2D eigenvalue weighted by Crippen LogP contribution is 2.49. The maximum Gasteiger partial charge on any atom is 0.166 e. The van der Waals surface area contributed by atoms with Gasteiger partial charge in [0.25, 0.3) is 0 Å². The molecule has 5 aromatic rings. The molecule has 44 heavy (non-hydrogen) atoms. The van der Waals surface area contributed by atoms with Gasteiger partial charge in [0.2, 0.25) is 0 Å². The number of fused-ring (bicyclic) bond motifs is 1. The molecule has 1 aliphatic carbocycles. The Hall–Kier alpha value is -4.20. The van der Waals surface area contributed by atoms with Crippen molar-refractivity contribution in [1.29, 1.82) is 0 Å². The van der Waals surface area contributed by atoms with Crippen molar-refractivity contribution in [1.82, 2.24) is 4.98 Å². The highest BCUT2D eigenvalue weighted by atomic mass is 32.1. The first-order valence-electron chi connectivity index (χ1n) is 15.0. The van der Waals surface area contributed by atoms with Gasteiger partial charge in [0.1, 0.15) is 5.75 Å². The zero-order valence-corrected chi connectivity index (χ0v) is 25.5. The van der Waals surface area contributed by atoms with Gasteiger partial charge in [-0.3, -0.25) is 14.6 Å². The molecule has 5 nitrogen and oxygen atoms in total. The molecular weight excluding hydrogens is 573 g/mol. The van der Waals surface area contributed by atoms with Gasteiger partial charge in [0.15, 0.2) is 23.1 Å². The number of hydrogen-bond acceptors (Lipinski definition) is 6. The predicted octanol–water partition coefficient (Wildman–Crippen LogP) is 8.57. The van der Waals surface area contributed by atoms with Gasteiger partial charge in [-0.1, -0.05) is 60.7 Å². The monoisotopic (exact) mass is 607 g/mol. The van der Waals surface area contributed by atoms with E-state index in [-0.39, 0.29) is 30.2 Å². The second-order valence-electron chi connectivity index (χ2n) is 11.4. The van der Waals surface area contributed by atoms with E-state index in [0.717, 1.165) is 52.1 Å². The molecule has 0 N–H and O–H groups in total. The van der Waals surface area contributed by atoms with E-state index < -0.39 is 11.2 Å². The number of ketones is 2. The Labute approximate surface area is 260 Å². The van der Waals surface area contributed by atoms with Crippen LogP contribution in [0.2, 0.25) is 0 Å². The number of methoxy groups -OCH3 is 1. The van der Waals surface area contributed by atoms with Crippen molar-refractivity contribution in [3.05, 3.63) is 114 Å². The third kappa shape index (κ3) is 6.64. The highest BCUT2D eigenvalue weighted by molar-refractivity contribution is 7.22. The smallest absolute Gasteiger partial charge is 0.166 e. The summed E-state index contributed by atoms with van der Waals surface area (Å²) in [4.78, 5) is 31.7. The van der Waals surface area contributed by atoms with E-state index in [1.54, 1.807) is 42.8 Å². The van der Waals surface area contributed by atoms with Crippen LogP contribution in [-0.4, -0.2) is 30.3 Å². The molecule has 1 aliphatic rings.